The van der Waals surface area contributed by atoms with E-state index in [1.165, 1.54) is 0 Å². The van der Waals surface area contributed by atoms with Crippen LogP contribution < -0.4 is 5.32 Å². The van der Waals surface area contributed by atoms with E-state index in [2.05, 4.69) is 5.32 Å². The van der Waals surface area contributed by atoms with E-state index < -0.39 is 29.3 Å². The number of ether oxygens (including phenoxy) is 2. The Morgan fingerprint density at radius 2 is 1.48 bits per heavy atom. The van der Waals surface area contributed by atoms with Gasteiger partial charge in [-0.1, -0.05) is 30.3 Å². The van der Waals surface area contributed by atoms with Crippen molar-refractivity contribution >= 4 is 12.1 Å². The van der Waals surface area contributed by atoms with Crippen LogP contribution in [0.15, 0.2) is 30.3 Å². The van der Waals surface area contributed by atoms with Gasteiger partial charge in [-0.25, -0.2) is 9.59 Å². The molecule has 1 aromatic carbocycles. The lowest BCUT2D eigenvalue weighted by Crippen LogP contribution is -2.47. The van der Waals surface area contributed by atoms with Crippen LogP contribution in [0.5, 0.6) is 0 Å². The molecule has 1 aromatic rings. The number of hydrogen-bond donors (Lipinski definition) is 1. The van der Waals surface area contributed by atoms with Crippen molar-refractivity contribution in [2.45, 2.75) is 65.2 Å². The highest BCUT2D eigenvalue weighted by Crippen LogP contribution is 2.13. The fourth-order valence-electron chi connectivity index (χ4n) is 1.87. The van der Waals surface area contributed by atoms with E-state index in [0.717, 1.165) is 5.56 Å². The van der Waals surface area contributed by atoms with Gasteiger partial charge in [-0.15, -0.1) is 0 Å². The number of alkyl carbamates (subject to hydrolysis) is 1. The van der Waals surface area contributed by atoms with Crippen LogP contribution >= 0.6 is 0 Å². The quantitative estimate of drug-likeness (QED) is 0.863. The zero-order chi connectivity index (χ0) is 17.7. The van der Waals surface area contributed by atoms with Crippen molar-refractivity contribution in [3.63, 3.8) is 0 Å². The third-order valence-corrected chi connectivity index (χ3v) is 2.66. The first-order valence-electron chi connectivity index (χ1n) is 7.72. The van der Waals surface area contributed by atoms with E-state index in [1.54, 1.807) is 41.5 Å². The molecule has 128 valence electrons. The highest BCUT2D eigenvalue weighted by atomic mass is 16.6. The van der Waals surface area contributed by atoms with Crippen molar-refractivity contribution in [3.05, 3.63) is 35.9 Å². The van der Waals surface area contributed by atoms with Crippen LogP contribution in [0.25, 0.3) is 0 Å². The van der Waals surface area contributed by atoms with Gasteiger partial charge in [0.2, 0.25) is 0 Å². The topological polar surface area (TPSA) is 64.6 Å². The van der Waals surface area contributed by atoms with Crippen molar-refractivity contribution in [2.24, 2.45) is 0 Å². The Morgan fingerprint density at radius 1 is 0.957 bits per heavy atom. The normalized spacial score (nSPS) is 13.1. The van der Waals surface area contributed by atoms with Crippen molar-refractivity contribution in [3.8, 4) is 0 Å². The molecule has 0 radical (unpaired) electrons. The van der Waals surface area contributed by atoms with Gasteiger partial charge in [0.05, 0.1) is 0 Å². The lowest BCUT2D eigenvalue weighted by Gasteiger charge is -2.26. The first-order chi connectivity index (χ1) is 10.5. The average molecular weight is 321 g/mol. The predicted molar refractivity (Wildman–Crippen MR) is 89.1 cm³/mol. The predicted octanol–water partition coefficient (Wildman–Crippen LogP) is 3.46. The summed E-state index contributed by atoms with van der Waals surface area (Å²) >= 11 is 0. The molecule has 0 bridgehead atoms. The number of carbonyl (C=O) groups is 2. The number of nitrogens with one attached hydrogen (secondary N) is 1. The first-order valence-corrected chi connectivity index (χ1v) is 7.72. The monoisotopic (exact) mass is 321 g/mol. The molecule has 0 aliphatic heterocycles. The van der Waals surface area contributed by atoms with Crippen LogP contribution in [-0.4, -0.2) is 29.3 Å². The lowest BCUT2D eigenvalue weighted by atomic mass is 10.1. The molecule has 0 aliphatic rings. The summed E-state index contributed by atoms with van der Waals surface area (Å²) in [5.41, 5.74) is -0.323. The number of esters is 1. The molecule has 1 atom stereocenters. The highest BCUT2D eigenvalue weighted by molar-refractivity contribution is 5.82. The van der Waals surface area contributed by atoms with E-state index in [9.17, 15) is 9.59 Å². The van der Waals surface area contributed by atoms with E-state index in [-0.39, 0.29) is 0 Å². The summed E-state index contributed by atoms with van der Waals surface area (Å²) in [7, 11) is 0. The lowest BCUT2D eigenvalue weighted by molar-refractivity contribution is -0.157. The molecule has 0 aromatic heterocycles. The fourth-order valence-corrected chi connectivity index (χ4v) is 1.87. The molecular weight excluding hydrogens is 294 g/mol. The van der Waals surface area contributed by atoms with Crippen LogP contribution in [0, 0.1) is 0 Å². The average Bonchev–Trinajstić information content (AvgIpc) is 2.34. The molecule has 1 amide bonds. The second-order valence-corrected chi connectivity index (χ2v) is 7.42. The van der Waals surface area contributed by atoms with Crippen molar-refractivity contribution in [1.29, 1.82) is 0 Å². The van der Waals surface area contributed by atoms with Gasteiger partial charge >= 0.3 is 12.1 Å². The van der Waals surface area contributed by atoms with Crippen LogP contribution in [-0.2, 0) is 20.7 Å². The molecule has 5 nitrogen and oxygen atoms in total. The van der Waals surface area contributed by atoms with Crippen molar-refractivity contribution < 1.29 is 19.1 Å². The Balaban J connectivity index is 2.83. The summed E-state index contributed by atoms with van der Waals surface area (Å²) in [6.45, 7) is 10.7. The largest absolute Gasteiger partial charge is 0.458 e. The summed E-state index contributed by atoms with van der Waals surface area (Å²) in [6, 6.07) is 8.66. The minimum atomic E-state index is -0.800. The zero-order valence-electron chi connectivity index (χ0n) is 14.8. The Hall–Kier alpha value is -2.04. The molecule has 0 heterocycles. The second kappa shape index (κ2) is 7.49. The van der Waals surface area contributed by atoms with Crippen LogP contribution in [0.1, 0.15) is 47.1 Å². The number of hydrogen-bond acceptors (Lipinski definition) is 4. The molecule has 1 unspecified atom stereocenters. The molecule has 1 N–H and O–H groups in total. The number of rotatable bonds is 4. The van der Waals surface area contributed by atoms with Gasteiger partial charge in [-0.3, -0.25) is 0 Å². The van der Waals surface area contributed by atoms with E-state index in [1.807, 2.05) is 30.3 Å². The highest BCUT2D eigenvalue weighted by Gasteiger charge is 2.28. The van der Waals surface area contributed by atoms with Gasteiger partial charge < -0.3 is 14.8 Å². The van der Waals surface area contributed by atoms with Crippen molar-refractivity contribution in [2.75, 3.05) is 0 Å². The third kappa shape index (κ3) is 8.24. The van der Waals surface area contributed by atoms with Crippen molar-refractivity contribution in [1.82, 2.24) is 5.32 Å². The SMILES string of the molecule is CC(C)(C)OC(=O)NC(Cc1ccccc1)C(=O)OC(C)(C)C. The summed E-state index contributed by atoms with van der Waals surface area (Å²) < 4.78 is 10.6. The van der Waals surface area contributed by atoms with Gasteiger partial charge in [0, 0.05) is 6.42 Å². The maximum atomic E-state index is 12.4. The molecule has 0 saturated carbocycles. The van der Waals surface area contributed by atoms with Gasteiger partial charge in [0.1, 0.15) is 17.2 Å². The fraction of sp³-hybridized carbons (Fsp3) is 0.556. The Bertz CT molecular complexity index is 526. The number of carbonyl (C=O) groups excluding carboxylic acids is 2. The summed E-state index contributed by atoms with van der Waals surface area (Å²) in [5, 5.41) is 2.61. The molecule has 0 fully saturated rings. The van der Waals surface area contributed by atoms with Crippen LogP contribution in [0.3, 0.4) is 0 Å². The van der Waals surface area contributed by atoms with Crippen LogP contribution in [0.4, 0.5) is 4.79 Å². The third-order valence-electron chi connectivity index (χ3n) is 2.66. The summed E-state index contributed by atoms with van der Waals surface area (Å²) in [6.07, 6.45) is -0.293. The molecule has 1 rings (SSSR count). The van der Waals surface area contributed by atoms with Gasteiger partial charge in [-0.05, 0) is 47.1 Å². The standard InChI is InChI=1S/C18H27NO4/c1-17(2,3)22-15(20)14(12-13-10-8-7-9-11-13)19-16(21)23-18(4,5)6/h7-11,14H,12H2,1-6H3,(H,19,21). The smallest absolute Gasteiger partial charge is 0.408 e. The van der Waals surface area contributed by atoms with E-state index >= 15 is 0 Å². The molecule has 0 saturated heterocycles. The molecule has 5 heteroatoms. The molecular formula is C18H27NO4. The maximum absolute atomic E-state index is 12.4. The van der Waals surface area contributed by atoms with E-state index in [0.29, 0.717) is 6.42 Å². The summed E-state index contributed by atoms with van der Waals surface area (Å²) in [4.78, 5) is 24.4. The molecule has 23 heavy (non-hydrogen) atoms. The molecule has 0 spiro atoms. The first kappa shape index (κ1) is 19.0. The Morgan fingerprint density at radius 3 is 1.96 bits per heavy atom. The Labute approximate surface area is 138 Å². The minimum absolute atomic E-state index is 0.342. The number of benzene rings is 1. The minimum Gasteiger partial charge on any atom is -0.458 e. The maximum Gasteiger partial charge on any atom is 0.408 e. The van der Waals surface area contributed by atoms with Gasteiger partial charge in [0.15, 0.2) is 0 Å². The van der Waals surface area contributed by atoms with Gasteiger partial charge in [0.25, 0.3) is 0 Å². The zero-order valence-corrected chi connectivity index (χ0v) is 14.8. The second-order valence-electron chi connectivity index (χ2n) is 7.42. The summed E-state index contributed by atoms with van der Waals surface area (Å²) in [5.74, 6) is -0.479. The van der Waals surface area contributed by atoms with Gasteiger partial charge in [-0.2, -0.15) is 0 Å². The molecule has 0 aliphatic carbocycles. The van der Waals surface area contributed by atoms with E-state index in [4.69, 9.17) is 9.47 Å². The Kier molecular flexibility index (Phi) is 6.19. The number of amides is 1. The van der Waals surface area contributed by atoms with Crippen LogP contribution in [0.2, 0.25) is 0 Å².